The summed E-state index contributed by atoms with van der Waals surface area (Å²) in [5, 5.41) is 4.13. The summed E-state index contributed by atoms with van der Waals surface area (Å²) >= 11 is 0. The number of nitrogens with one attached hydrogen (secondary N) is 2. The minimum Gasteiger partial charge on any atom is -0.393 e. The number of aryl methyl sites for hydroxylation is 2. The maximum Gasteiger partial charge on any atom is 0.414 e. The third-order valence-corrected chi connectivity index (χ3v) is 5.28. The second kappa shape index (κ2) is 6.26. The Labute approximate surface area is 137 Å². The van der Waals surface area contributed by atoms with Crippen molar-refractivity contribution in [3.8, 4) is 5.88 Å². The molecule has 1 amide bonds. The van der Waals surface area contributed by atoms with E-state index in [4.69, 9.17) is 4.74 Å². The molecule has 2 aromatic rings. The Morgan fingerprint density at radius 1 is 1.22 bits per heavy atom. The fourth-order valence-electron chi connectivity index (χ4n) is 3.70. The number of fused-ring (bicyclic) bond motifs is 1. The summed E-state index contributed by atoms with van der Waals surface area (Å²) in [7, 11) is 0. The van der Waals surface area contributed by atoms with Crippen molar-refractivity contribution in [2.24, 2.45) is 11.8 Å². The molecular formula is C19H26N2O2. The lowest BCUT2D eigenvalue weighted by Crippen LogP contribution is -2.44. The predicted octanol–water partition coefficient (Wildman–Crippen LogP) is 4.70. The smallest absolute Gasteiger partial charge is 0.393 e. The zero-order chi connectivity index (χ0) is 16.6. The van der Waals surface area contributed by atoms with Gasteiger partial charge in [0.05, 0.1) is 0 Å². The van der Waals surface area contributed by atoms with Crippen molar-refractivity contribution in [2.75, 3.05) is 0 Å². The summed E-state index contributed by atoms with van der Waals surface area (Å²) in [6.45, 7) is 8.60. The van der Waals surface area contributed by atoms with Crippen LogP contribution in [0.2, 0.25) is 0 Å². The average molecular weight is 314 g/mol. The molecule has 3 rings (SSSR count). The van der Waals surface area contributed by atoms with E-state index in [-0.39, 0.29) is 12.1 Å². The van der Waals surface area contributed by atoms with Gasteiger partial charge in [-0.3, -0.25) is 0 Å². The average Bonchev–Trinajstić information content (AvgIpc) is 2.86. The number of amides is 1. The minimum absolute atomic E-state index is 0.208. The summed E-state index contributed by atoms with van der Waals surface area (Å²) in [6.07, 6.45) is 3.08. The summed E-state index contributed by atoms with van der Waals surface area (Å²) in [5.41, 5.74) is 3.38. The molecule has 0 aliphatic heterocycles. The van der Waals surface area contributed by atoms with E-state index in [1.807, 2.05) is 6.07 Å². The molecule has 1 aliphatic rings. The van der Waals surface area contributed by atoms with Crippen molar-refractivity contribution in [1.29, 1.82) is 0 Å². The number of ether oxygens (including phenoxy) is 1. The molecule has 3 atom stereocenters. The quantitative estimate of drug-likeness (QED) is 0.844. The van der Waals surface area contributed by atoms with Crippen LogP contribution in [0.15, 0.2) is 18.2 Å². The number of carbonyl (C=O) groups excluding carboxylic acids is 1. The number of hydrogen-bond donors (Lipinski definition) is 2. The first kappa shape index (κ1) is 15.9. The first-order valence-corrected chi connectivity index (χ1v) is 8.52. The predicted molar refractivity (Wildman–Crippen MR) is 92.9 cm³/mol. The standard InChI is InChI=1S/C19H26N2O2/c1-11-8-13(3)15-10-18(20-17(15)9-11)23-19(22)21-16-7-5-6-12(2)14(16)4/h8-10,12,14,16,20H,5-7H2,1-4H3,(H,21,22)/t12-,14-,16+/m0/s1. The van der Waals surface area contributed by atoms with Crippen molar-refractivity contribution in [3.05, 3.63) is 29.3 Å². The lowest BCUT2D eigenvalue weighted by Gasteiger charge is -2.34. The highest BCUT2D eigenvalue weighted by atomic mass is 16.6. The molecule has 1 aliphatic carbocycles. The van der Waals surface area contributed by atoms with Gasteiger partial charge in [-0.05, 0) is 49.3 Å². The van der Waals surface area contributed by atoms with Gasteiger partial charge in [0.1, 0.15) is 0 Å². The first-order valence-electron chi connectivity index (χ1n) is 8.52. The van der Waals surface area contributed by atoms with E-state index < -0.39 is 0 Å². The van der Waals surface area contributed by atoms with Gasteiger partial charge in [-0.15, -0.1) is 0 Å². The first-order chi connectivity index (χ1) is 10.9. The molecule has 0 spiro atoms. The van der Waals surface area contributed by atoms with Gasteiger partial charge in [0, 0.05) is 23.0 Å². The maximum atomic E-state index is 12.2. The summed E-state index contributed by atoms with van der Waals surface area (Å²) in [5.74, 6) is 1.64. The summed E-state index contributed by atoms with van der Waals surface area (Å²) in [4.78, 5) is 15.4. The van der Waals surface area contributed by atoms with Crippen molar-refractivity contribution in [2.45, 2.75) is 53.0 Å². The third-order valence-electron chi connectivity index (χ3n) is 5.28. The SMILES string of the molecule is Cc1cc(C)c2cc(OC(=O)N[C@@H]3CCC[C@H](C)[C@@H]3C)[nH]c2c1. The molecule has 0 bridgehead atoms. The van der Waals surface area contributed by atoms with Crippen LogP contribution in [0.4, 0.5) is 4.79 Å². The van der Waals surface area contributed by atoms with Crippen LogP contribution in [0.5, 0.6) is 5.88 Å². The van der Waals surface area contributed by atoms with Crippen molar-refractivity contribution in [1.82, 2.24) is 10.3 Å². The molecule has 4 heteroatoms. The number of aromatic amines is 1. The van der Waals surface area contributed by atoms with E-state index in [0.717, 1.165) is 17.3 Å². The monoisotopic (exact) mass is 314 g/mol. The highest BCUT2D eigenvalue weighted by Crippen LogP contribution is 2.30. The van der Waals surface area contributed by atoms with Gasteiger partial charge in [0.15, 0.2) is 0 Å². The van der Waals surface area contributed by atoms with E-state index in [0.29, 0.717) is 17.7 Å². The molecule has 124 valence electrons. The zero-order valence-corrected chi connectivity index (χ0v) is 14.4. The van der Waals surface area contributed by atoms with Gasteiger partial charge in [0.2, 0.25) is 5.88 Å². The van der Waals surface area contributed by atoms with Crippen molar-refractivity contribution in [3.63, 3.8) is 0 Å². The van der Waals surface area contributed by atoms with E-state index in [2.05, 4.69) is 50.1 Å². The molecule has 1 fully saturated rings. The number of rotatable bonds is 2. The Morgan fingerprint density at radius 2 is 2.00 bits per heavy atom. The highest BCUT2D eigenvalue weighted by Gasteiger charge is 2.28. The number of aromatic nitrogens is 1. The van der Waals surface area contributed by atoms with E-state index in [1.165, 1.54) is 24.0 Å². The number of H-pyrrole nitrogens is 1. The molecule has 1 saturated carbocycles. The van der Waals surface area contributed by atoms with Gasteiger partial charge < -0.3 is 15.0 Å². The van der Waals surface area contributed by atoms with E-state index in [1.54, 1.807) is 0 Å². The maximum absolute atomic E-state index is 12.2. The molecule has 0 saturated heterocycles. The Balaban J connectivity index is 1.69. The highest BCUT2D eigenvalue weighted by molar-refractivity contribution is 5.86. The van der Waals surface area contributed by atoms with Crippen LogP contribution in [0.25, 0.3) is 10.9 Å². The molecule has 1 aromatic carbocycles. The Morgan fingerprint density at radius 3 is 2.78 bits per heavy atom. The van der Waals surface area contributed by atoms with Crippen molar-refractivity contribution < 1.29 is 9.53 Å². The summed E-state index contributed by atoms with van der Waals surface area (Å²) in [6, 6.07) is 6.30. The van der Waals surface area contributed by atoms with Crippen LogP contribution in [0.1, 0.15) is 44.2 Å². The zero-order valence-electron chi connectivity index (χ0n) is 14.4. The molecule has 2 N–H and O–H groups in total. The van der Waals surface area contributed by atoms with Crippen molar-refractivity contribution >= 4 is 17.0 Å². The number of benzene rings is 1. The Hall–Kier alpha value is -1.97. The van der Waals surface area contributed by atoms with Gasteiger partial charge in [-0.2, -0.15) is 0 Å². The fourth-order valence-corrected chi connectivity index (χ4v) is 3.70. The van der Waals surface area contributed by atoms with Gasteiger partial charge in [-0.25, -0.2) is 4.79 Å². The van der Waals surface area contributed by atoms with Crippen LogP contribution < -0.4 is 10.1 Å². The van der Waals surface area contributed by atoms with Crippen LogP contribution >= 0.6 is 0 Å². The minimum atomic E-state index is -0.364. The molecule has 1 aromatic heterocycles. The normalized spacial score (nSPS) is 24.6. The number of carbonyl (C=O) groups is 1. The van der Waals surface area contributed by atoms with Crippen LogP contribution in [-0.2, 0) is 0 Å². The topological polar surface area (TPSA) is 54.1 Å². The summed E-state index contributed by atoms with van der Waals surface area (Å²) < 4.78 is 5.47. The molecule has 1 heterocycles. The molecule has 23 heavy (non-hydrogen) atoms. The molecule has 0 radical (unpaired) electrons. The van der Waals surface area contributed by atoms with Crippen LogP contribution in [0.3, 0.4) is 0 Å². The third kappa shape index (κ3) is 3.36. The Kier molecular flexibility index (Phi) is 4.33. The Bertz CT molecular complexity index is 719. The van der Waals surface area contributed by atoms with Crippen LogP contribution in [0, 0.1) is 25.7 Å². The van der Waals surface area contributed by atoms with E-state index >= 15 is 0 Å². The van der Waals surface area contributed by atoms with Gasteiger partial charge >= 0.3 is 6.09 Å². The van der Waals surface area contributed by atoms with E-state index in [9.17, 15) is 4.79 Å². The molecule has 0 unspecified atom stereocenters. The lowest BCUT2D eigenvalue weighted by molar-refractivity contribution is 0.167. The van der Waals surface area contributed by atoms with Crippen LogP contribution in [-0.4, -0.2) is 17.1 Å². The van der Waals surface area contributed by atoms with Gasteiger partial charge in [-0.1, -0.05) is 32.8 Å². The molecule has 4 nitrogen and oxygen atoms in total. The molecular weight excluding hydrogens is 288 g/mol. The lowest BCUT2D eigenvalue weighted by atomic mass is 9.78. The second-order valence-electron chi connectivity index (χ2n) is 7.08. The second-order valence-corrected chi connectivity index (χ2v) is 7.08. The van der Waals surface area contributed by atoms with Gasteiger partial charge in [0.25, 0.3) is 0 Å². The fraction of sp³-hybridized carbons (Fsp3) is 0.526. The number of hydrogen-bond acceptors (Lipinski definition) is 2. The largest absolute Gasteiger partial charge is 0.414 e.